The third-order valence-corrected chi connectivity index (χ3v) is 5.41. The molecule has 0 aliphatic carbocycles. The van der Waals surface area contributed by atoms with Crippen LogP contribution in [-0.4, -0.2) is 45.8 Å². The van der Waals surface area contributed by atoms with E-state index in [9.17, 15) is 9.59 Å². The predicted molar refractivity (Wildman–Crippen MR) is 128 cm³/mol. The van der Waals surface area contributed by atoms with Crippen LogP contribution < -0.4 is 29.2 Å². The van der Waals surface area contributed by atoms with E-state index in [2.05, 4.69) is 5.32 Å². The van der Waals surface area contributed by atoms with Gasteiger partial charge < -0.3 is 29.2 Å². The van der Waals surface area contributed by atoms with Gasteiger partial charge in [-0.05, 0) is 55.5 Å². The molecule has 1 aliphatic heterocycles. The zero-order chi connectivity index (χ0) is 24.1. The van der Waals surface area contributed by atoms with Crippen molar-refractivity contribution in [3.63, 3.8) is 0 Å². The Morgan fingerprint density at radius 1 is 1.00 bits per heavy atom. The van der Waals surface area contributed by atoms with Crippen molar-refractivity contribution in [3.8, 4) is 23.0 Å². The molecule has 0 atom stereocenters. The molecule has 1 aliphatic rings. The minimum Gasteiger partial charge on any atom is -0.493 e. The molecule has 4 rings (SSSR count). The maximum absolute atomic E-state index is 12.8. The lowest BCUT2D eigenvalue weighted by atomic mass is 10.1. The molecule has 0 spiro atoms. The van der Waals surface area contributed by atoms with Crippen LogP contribution in [0.4, 0.5) is 11.4 Å². The van der Waals surface area contributed by atoms with Crippen molar-refractivity contribution in [1.29, 1.82) is 0 Å². The molecule has 0 saturated carbocycles. The van der Waals surface area contributed by atoms with Gasteiger partial charge in [0, 0.05) is 11.3 Å². The number of hydrogen-bond donors (Lipinski definition) is 1. The molecular weight excluding hydrogens is 436 g/mol. The molecule has 0 unspecified atom stereocenters. The van der Waals surface area contributed by atoms with Gasteiger partial charge in [-0.15, -0.1) is 0 Å². The lowest BCUT2D eigenvalue weighted by Gasteiger charge is -2.29. The van der Waals surface area contributed by atoms with E-state index in [1.807, 2.05) is 31.2 Å². The van der Waals surface area contributed by atoms with Crippen LogP contribution in [0, 0.1) is 6.92 Å². The topological polar surface area (TPSA) is 86.3 Å². The Bertz CT molecular complexity index is 1190. The molecule has 8 heteroatoms. The number of nitrogens with zero attached hydrogens (tertiary/aromatic N) is 1. The highest BCUT2D eigenvalue weighted by Gasteiger charge is 2.26. The first-order valence-electron chi connectivity index (χ1n) is 10.8. The molecule has 1 N–H and O–H groups in total. The van der Waals surface area contributed by atoms with Crippen molar-refractivity contribution in [2.24, 2.45) is 0 Å². The van der Waals surface area contributed by atoms with Gasteiger partial charge >= 0.3 is 0 Å². The summed E-state index contributed by atoms with van der Waals surface area (Å²) in [6.45, 7) is 2.62. The molecule has 3 aromatic rings. The highest BCUT2D eigenvalue weighted by molar-refractivity contribution is 6.05. The molecule has 34 heavy (non-hydrogen) atoms. The second-order valence-corrected chi connectivity index (χ2v) is 7.70. The fraction of sp³-hybridized carbons (Fsp3) is 0.231. The maximum Gasteiger partial charge on any atom is 0.265 e. The summed E-state index contributed by atoms with van der Waals surface area (Å²) in [5.74, 6) is 1.80. The second-order valence-electron chi connectivity index (χ2n) is 7.70. The molecule has 0 fully saturated rings. The summed E-state index contributed by atoms with van der Waals surface area (Å²) in [6, 6.07) is 17.8. The normalized spacial score (nSPS) is 12.4. The molecular formula is C26H26N2O6. The number of aryl methyl sites for hydroxylation is 1. The van der Waals surface area contributed by atoms with Crippen LogP contribution in [0.3, 0.4) is 0 Å². The predicted octanol–water partition coefficient (Wildman–Crippen LogP) is 4.07. The Hall–Kier alpha value is -4.20. The van der Waals surface area contributed by atoms with E-state index in [-0.39, 0.29) is 18.4 Å². The number of amides is 2. The third kappa shape index (κ3) is 5.06. The quantitative estimate of drug-likeness (QED) is 0.543. The molecule has 0 bridgehead atoms. The second kappa shape index (κ2) is 10.2. The Kier molecular flexibility index (Phi) is 6.87. The Labute approximate surface area is 198 Å². The molecule has 1 heterocycles. The smallest absolute Gasteiger partial charge is 0.265 e. The van der Waals surface area contributed by atoms with E-state index in [1.54, 1.807) is 41.3 Å². The first-order chi connectivity index (χ1) is 16.5. The van der Waals surface area contributed by atoms with E-state index in [1.165, 1.54) is 14.2 Å². The van der Waals surface area contributed by atoms with Gasteiger partial charge in [-0.25, -0.2) is 0 Å². The zero-order valence-corrected chi connectivity index (χ0v) is 19.3. The molecule has 2 amide bonds. The van der Waals surface area contributed by atoms with Crippen molar-refractivity contribution in [3.05, 3.63) is 71.8 Å². The molecule has 8 nitrogen and oxygen atoms in total. The summed E-state index contributed by atoms with van der Waals surface area (Å²) >= 11 is 0. The minimum absolute atomic E-state index is 0.0467. The highest BCUT2D eigenvalue weighted by atomic mass is 16.5. The number of fused-ring (bicyclic) bond motifs is 1. The maximum atomic E-state index is 12.8. The minimum atomic E-state index is -0.321. The van der Waals surface area contributed by atoms with Gasteiger partial charge in [0.25, 0.3) is 11.8 Å². The van der Waals surface area contributed by atoms with Crippen LogP contribution in [0.5, 0.6) is 23.0 Å². The van der Waals surface area contributed by atoms with E-state index >= 15 is 0 Å². The fourth-order valence-electron chi connectivity index (χ4n) is 3.60. The van der Waals surface area contributed by atoms with Gasteiger partial charge in [0.2, 0.25) is 0 Å². The fourth-order valence-corrected chi connectivity index (χ4v) is 3.60. The number of benzene rings is 3. The Balaban J connectivity index is 1.48. The average molecular weight is 463 g/mol. The molecule has 0 saturated heterocycles. The van der Waals surface area contributed by atoms with Crippen LogP contribution in [0.25, 0.3) is 0 Å². The molecule has 0 radical (unpaired) electrons. The first-order valence-corrected chi connectivity index (χ1v) is 10.8. The zero-order valence-electron chi connectivity index (χ0n) is 19.3. The lowest BCUT2D eigenvalue weighted by Crippen LogP contribution is -2.41. The standard InChI is InChI=1S/C26H26N2O6/c1-17-4-8-20(9-5-17)33-13-12-28-21-15-19(7-11-22(21)34-16-25(28)29)27-26(30)18-6-10-23(31-2)24(14-18)32-3/h4-11,14-15H,12-13,16H2,1-3H3,(H,27,30). The van der Waals surface area contributed by atoms with Gasteiger partial charge in [0.05, 0.1) is 26.5 Å². The van der Waals surface area contributed by atoms with Crippen LogP contribution >= 0.6 is 0 Å². The van der Waals surface area contributed by atoms with Gasteiger partial charge in [0.15, 0.2) is 18.1 Å². The Morgan fingerprint density at radius 2 is 1.76 bits per heavy atom. The summed E-state index contributed by atoms with van der Waals surface area (Å²) < 4.78 is 21.9. The number of carbonyl (C=O) groups is 2. The van der Waals surface area contributed by atoms with Crippen molar-refractivity contribution >= 4 is 23.2 Å². The van der Waals surface area contributed by atoms with Crippen LogP contribution in [0.2, 0.25) is 0 Å². The van der Waals surface area contributed by atoms with Crippen molar-refractivity contribution in [2.45, 2.75) is 6.92 Å². The highest BCUT2D eigenvalue weighted by Crippen LogP contribution is 2.35. The summed E-state index contributed by atoms with van der Waals surface area (Å²) in [6.07, 6.45) is 0. The summed E-state index contributed by atoms with van der Waals surface area (Å²) in [5, 5.41) is 2.86. The van der Waals surface area contributed by atoms with E-state index < -0.39 is 0 Å². The van der Waals surface area contributed by atoms with Gasteiger partial charge in [0.1, 0.15) is 18.1 Å². The number of anilines is 2. The summed E-state index contributed by atoms with van der Waals surface area (Å²) in [7, 11) is 3.04. The third-order valence-electron chi connectivity index (χ3n) is 5.41. The number of nitrogens with one attached hydrogen (secondary N) is 1. The first kappa shape index (κ1) is 23.0. The van der Waals surface area contributed by atoms with Crippen molar-refractivity contribution < 1.29 is 28.5 Å². The van der Waals surface area contributed by atoms with E-state index in [0.29, 0.717) is 47.3 Å². The molecule has 0 aromatic heterocycles. The SMILES string of the molecule is COc1ccc(C(=O)Nc2ccc3c(c2)N(CCOc2ccc(C)cc2)C(=O)CO3)cc1OC. The van der Waals surface area contributed by atoms with Crippen LogP contribution in [-0.2, 0) is 4.79 Å². The number of methoxy groups -OCH3 is 2. The lowest BCUT2D eigenvalue weighted by molar-refractivity contribution is -0.121. The Morgan fingerprint density at radius 3 is 2.50 bits per heavy atom. The van der Waals surface area contributed by atoms with Crippen molar-refractivity contribution in [2.75, 3.05) is 44.2 Å². The van der Waals surface area contributed by atoms with Gasteiger partial charge in [-0.1, -0.05) is 17.7 Å². The van der Waals surface area contributed by atoms with Gasteiger partial charge in [-0.3, -0.25) is 9.59 Å². The summed E-state index contributed by atoms with van der Waals surface area (Å²) in [4.78, 5) is 27.0. The number of hydrogen-bond acceptors (Lipinski definition) is 6. The summed E-state index contributed by atoms with van der Waals surface area (Å²) in [5.41, 5.74) is 2.66. The molecule has 3 aromatic carbocycles. The average Bonchev–Trinajstić information content (AvgIpc) is 2.86. The largest absolute Gasteiger partial charge is 0.493 e. The van der Waals surface area contributed by atoms with Crippen molar-refractivity contribution in [1.82, 2.24) is 0 Å². The molecule has 176 valence electrons. The van der Waals surface area contributed by atoms with Crippen LogP contribution in [0.15, 0.2) is 60.7 Å². The van der Waals surface area contributed by atoms with E-state index in [0.717, 1.165) is 11.3 Å². The van der Waals surface area contributed by atoms with Gasteiger partial charge in [-0.2, -0.15) is 0 Å². The number of ether oxygens (including phenoxy) is 4. The monoisotopic (exact) mass is 462 g/mol. The number of rotatable bonds is 8. The van der Waals surface area contributed by atoms with Crippen LogP contribution in [0.1, 0.15) is 15.9 Å². The van der Waals surface area contributed by atoms with E-state index in [4.69, 9.17) is 18.9 Å². The number of carbonyl (C=O) groups excluding carboxylic acids is 2.